The number of hydrogen-bond acceptors (Lipinski definition) is 2. The van der Waals surface area contributed by atoms with Crippen molar-refractivity contribution in [3.63, 3.8) is 0 Å². The van der Waals surface area contributed by atoms with Gasteiger partial charge in [0, 0.05) is 30.1 Å². The van der Waals surface area contributed by atoms with Crippen LogP contribution >= 0.6 is 0 Å². The van der Waals surface area contributed by atoms with Gasteiger partial charge in [-0.2, -0.15) is 5.10 Å². The first kappa shape index (κ1) is 9.02. The molecule has 0 saturated carbocycles. The third-order valence-corrected chi connectivity index (χ3v) is 2.38. The van der Waals surface area contributed by atoms with Gasteiger partial charge in [0.25, 0.3) is 0 Å². The van der Waals surface area contributed by atoms with E-state index in [1.54, 1.807) is 0 Å². The molecule has 2 rings (SSSR count). The van der Waals surface area contributed by atoms with Gasteiger partial charge in [-0.3, -0.25) is 5.10 Å². The van der Waals surface area contributed by atoms with Gasteiger partial charge < -0.3 is 10.7 Å². The summed E-state index contributed by atoms with van der Waals surface area (Å²) in [6, 6.07) is 2.01. The number of rotatable bonds is 3. The van der Waals surface area contributed by atoms with Crippen LogP contribution in [0.4, 0.5) is 0 Å². The lowest BCUT2D eigenvalue weighted by atomic mass is 10.1. The summed E-state index contributed by atoms with van der Waals surface area (Å²) < 4.78 is 0. The van der Waals surface area contributed by atoms with Gasteiger partial charge in [0.05, 0.1) is 5.69 Å². The molecule has 2 aromatic heterocycles. The van der Waals surface area contributed by atoms with Crippen molar-refractivity contribution in [3.05, 3.63) is 29.7 Å². The minimum Gasteiger partial charge on any atom is -0.367 e. The van der Waals surface area contributed by atoms with E-state index in [1.165, 1.54) is 5.56 Å². The molecule has 4 N–H and O–H groups in total. The standard InChI is InChI=1S/C10H14N4/c1-7-9(2-4-11)13-14-10(7)8-3-5-12-6-8/h3,5-6,12H,2,4,11H2,1H3,(H,13,14). The Balaban J connectivity index is 2.36. The summed E-state index contributed by atoms with van der Waals surface area (Å²) in [6.45, 7) is 2.71. The number of aromatic nitrogens is 3. The Hall–Kier alpha value is -1.55. The van der Waals surface area contributed by atoms with Crippen molar-refractivity contribution in [2.75, 3.05) is 6.54 Å². The summed E-state index contributed by atoms with van der Waals surface area (Å²) >= 11 is 0. The molecule has 0 aliphatic rings. The maximum atomic E-state index is 5.50. The van der Waals surface area contributed by atoms with Crippen LogP contribution in [-0.2, 0) is 6.42 Å². The molecule has 0 bridgehead atoms. The molecule has 0 radical (unpaired) electrons. The van der Waals surface area contributed by atoms with Crippen LogP contribution in [0.3, 0.4) is 0 Å². The molecule has 2 aromatic rings. The van der Waals surface area contributed by atoms with Gasteiger partial charge in [0.1, 0.15) is 0 Å². The van der Waals surface area contributed by atoms with Crippen molar-refractivity contribution in [3.8, 4) is 11.3 Å². The molecule has 0 fully saturated rings. The van der Waals surface area contributed by atoms with E-state index in [0.717, 1.165) is 23.4 Å². The van der Waals surface area contributed by atoms with Crippen LogP contribution < -0.4 is 5.73 Å². The van der Waals surface area contributed by atoms with E-state index in [9.17, 15) is 0 Å². The Labute approximate surface area is 82.5 Å². The zero-order valence-corrected chi connectivity index (χ0v) is 8.17. The van der Waals surface area contributed by atoms with Crippen LogP contribution in [0.5, 0.6) is 0 Å². The van der Waals surface area contributed by atoms with Gasteiger partial charge in [0.2, 0.25) is 0 Å². The molecule has 4 nitrogen and oxygen atoms in total. The first-order valence-electron chi connectivity index (χ1n) is 4.70. The van der Waals surface area contributed by atoms with Crippen molar-refractivity contribution in [1.82, 2.24) is 15.2 Å². The van der Waals surface area contributed by atoms with Crippen LogP contribution in [0.2, 0.25) is 0 Å². The van der Waals surface area contributed by atoms with Gasteiger partial charge in [-0.05, 0) is 25.1 Å². The fourth-order valence-electron chi connectivity index (χ4n) is 1.57. The molecule has 2 heterocycles. The van der Waals surface area contributed by atoms with E-state index in [1.807, 2.05) is 18.5 Å². The molecule has 0 aliphatic heterocycles. The lowest BCUT2D eigenvalue weighted by molar-refractivity contribution is 0.896. The molecule has 0 aliphatic carbocycles. The van der Waals surface area contributed by atoms with E-state index in [2.05, 4.69) is 22.1 Å². The van der Waals surface area contributed by atoms with Gasteiger partial charge >= 0.3 is 0 Å². The van der Waals surface area contributed by atoms with E-state index < -0.39 is 0 Å². The number of nitrogens with two attached hydrogens (primary N) is 1. The van der Waals surface area contributed by atoms with Crippen LogP contribution in [0.15, 0.2) is 18.5 Å². The van der Waals surface area contributed by atoms with Gasteiger partial charge in [-0.1, -0.05) is 0 Å². The third kappa shape index (κ3) is 1.44. The molecule has 0 amide bonds. The molecule has 0 saturated heterocycles. The van der Waals surface area contributed by atoms with Gasteiger partial charge in [-0.15, -0.1) is 0 Å². The number of nitrogens with one attached hydrogen (secondary N) is 2. The lowest BCUT2D eigenvalue weighted by Gasteiger charge is -1.96. The predicted octanol–water partition coefficient (Wildman–Crippen LogP) is 1.21. The molecule has 14 heavy (non-hydrogen) atoms. The Morgan fingerprint density at radius 1 is 1.50 bits per heavy atom. The van der Waals surface area contributed by atoms with Crippen LogP contribution in [0.25, 0.3) is 11.3 Å². The average Bonchev–Trinajstić information content (AvgIpc) is 2.77. The van der Waals surface area contributed by atoms with Crippen molar-refractivity contribution >= 4 is 0 Å². The van der Waals surface area contributed by atoms with Crippen LogP contribution in [-0.4, -0.2) is 21.7 Å². The second-order valence-electron chi connectivity index (χ2n) is 3.31. The summed E-state index contributed by atoms with van der Waals surface area (Å²) in [5.74, 6) is 0. The Kier molecular flexibility index (Phi) is 2.37. The minimum absolute atomic E-state index is 0.648. The summed E-state index contributed by atoms with van der Waals surface area (Å²) in [7, 11) is 0. The second-order valence-corrected chi connectivity index (χ2v) is 3.31. The average molecular weight is 190 g/mol. The number of H-pyrrole nitrogens is 2. The normalized spacial score (nSPS) is 10.7. The Morgan fingerprint density at radius 3 is 3.00 bits per heavy atom. The van der Waals surface area contributed by atoms with E-state index in [4.69, 9.17) is 5.73 Å². The molecule has 0 spiro atoms. The summed E-state index contributed by atoms with van der Waals surface area (Å²) in [5, 5.41) is 7.30. The minimum atomic E-state index is 0.648. The highest BCUT2D eigenvalue weighted by Crippen LogP contribution is 2.22. The zero-order chi connectivity index (χ0) is 9.97. The number of aromatic amines is 2. The molecule has 74 valence electrons. The first-order chi connectivity index (χ1) is 6.83. The quantitative estimate of drug-likeness (QED) is 0.681. The Morgan fingerprint density at radius 2 is 2.36 bits per heavy atom. The number of nitrogens with zero attached hydrogens (tertiary/aromatic N) is 1. The van der Waals surface area contributed by atoms with E-state index in [0.29, 0.717) is 6.54 Å². The molecule has 0 aromatic carbocycles. The van der Waals surface area contributed by atoms with Gasteiger partial charge in [-0.25, -0.2) is 0 Å². The predicted molar refractivity (Wildman–Crippen MR) is 55.9 cm³/mol. The molecule has 0 atom stereocenters. The van der Waals surface area contributed by atoms with Crippen molar-refractivity contribution in [1.29, 1.82) is 0 Å². The molecule has 0 unspecified atom stereocenters. The SMILES string of the molecule is Cc1c(-c2cc[nH]c2)n[nH]c1CCN. The monoisotopic (exact) mass is 190 g/mol. The fourth-order valence-corrected chi connectivity index (χ4v) is 1.57. The smallest absolute Gasteiger partial charge is 0.0967 e. The van der Waals surface area contributed by atoms with E-state index in [-0.39, 0.29) is 0 Å². The highest BCUT2D eigenvalue weighted by atomic mass is 15.1. The highest BCUT2D eigenvalue weighted by molar-refractivity contribution is 5.62. The zero-order valence-electron chi connectivity index (χ0n) is 8.17. The largest absolute Gasteiger partial charge is 0.367 e. The molecular weight excluding hydrogens is 176 g/mol. The van der Waals surface area contributed by atoms with Crippen molar-refractivity contribution in [2.24, 2.45) is 5.73 Å². The summed E-state index contributed by atoms with van der Waals surface area (Å²) in [6.07, 6.45) is 4.69. The van der Waals surface area contributed by atoms with Crippen molar-refractivity contribution < 1.29 is 0 Å². The van der Waals surface area contributed by atoms with Gasteiger partial charge in [0.15, 0.2) is 0 Å². The van der Waals surface area contributed by atoms with E-state index >= 15 is 0 Å². The maximum absolute atomic E-state index is 5.50. The summed E-state index contributed by atoms with van der Waals surface area (Å²) in [4.78, 5) is 3.02. The lowest BCUT2D eigenvalue weighted by Crippen LogP contribution is -2.03. The maximum Gasteiger partial charge on any atom is 0.0967 e. The third-order valence-electron chi connectivity index (χ3n) is 2.38. The summed E-state index contributed by atoms with van der Waals surface area (Å²) in [5.41, 5.74) is 9.94. The highest BCUT2D eigenvalue weighted by Gasteiger charge is 2.09. The Bertz CT molecular complexity index is 400. The van der Waals surface area contributed by atoms with Crippen molar-refractivity contribution in [2.45, 2.75) is 13.3 Å². The number of hydrogen-bond donors (Lipinski definition) is 3. The first-order valence-corrected chi connectivity index (χ1v) is 4.70. The molecular formula is C10H14N4. The topological polar surface area (TPSA) is 70.5 Å². The molecule has 4 heteroatoms. The fraction of sp³-hybridized carbons (Fsp3) is 0.300. The second kappa shape index (κ2) is 3.67. The van der Waals surface area contributed by atoms with Crippen LogP contribution in [0.1, 0.15) is 11.3 Å². The van der Waals surface area contributed by atoms with Crippen LogP contribution in [0, 0.1) is 6.92 Å².